The fraction of sp³-hybridized carbons (Fsp3) is 0.542. The Morgan fingerprint density at radius 2 is 1.97 bits per heavy atom. The van der Waals surface area contributed by atoms with E-state index in [4.69, 9.17) is 4.52 Å². The van der Waals surface area contributed by atoms with Gasteiger partial charge in [-0.15, -0.1) is 5.10 Å². The van der Waals surface area contributed by atoms with E-state index >= 15 is 0 Å². The minimum absolute atomic E-state index is 0.106. The smallest absolute Gasteiger partial charge is 0.227 e. The van der Waals surface area contributed by atoms with Crippen molar-refractivity contribution in [3.63, 3.8) is 0 Å². The highest BCUT2D eigenvalue weighted by molar-refractivity contribution is 5.91. The summed E-state index contributed by atoms with van der Waals surface area (Å²) in [7, 11) is 0. The van der Waals surface area contributed by atoms with Crippen molar-refractivity contribution in [2.45, 2.75) is 82.7 Å². The zero-order valence-corrected chi connectivity index (χ0v) is 19.9. The second-order valence-corrected chi connectivity index (χ2v) is 9.50. The molecule has 3 aromatic rings. The molecule has 11 nitrogen and oxygen atoms in total. The molecule has 11 heteroatoms. The molecule has 2 amide bonds. The van der Waals surface area contributed by atoms with Crippen LogP contribution in [0.3, 0.4) is 0 Å². The van der Waals surface area contributed by atoms with Gasteiger partial charge in [-0.2, -0.15) is 4.98 Å². The van der Waals surface area contributed by atoms with Crippen LogP contribution >= 0.6 is 0 Å². The van der Waals surface area contributed by atoms with Crippen molar-refractivity contribution >= 4 is 17.5 Å². The summed E-state index contributed by atoms with van der Waals surface area (Å²) in [6, 6.07) is 7.87. The Hall–Kier alpha value is -3.63. The Kier molecular flexibility index (Phi) is 6.56. The Bertz CT molecular complexity index is 1190. The summed E-state index contributed by atoms with van der Waals surface area (Å²) in [6.45, 7) is 1.51. The van der Waals surface area contributed by atoms with Crippen molar-refractivity contribution in [1.29, 1.82) is 0 Å². The first kappa shape index (κ1) is 23.1. The molecule has 184 valence electrons. The van der Waals surface area contributed by atoms with Crippen molar-refractivity contribution in [2.75, 3.05) is 5.32 Å². The third kappa shape index (κ3) is 5.39. The maximum Gasteiger partial charge on any atom is 0.227 e. The molecular formula is C24H30N8O3. The molecule has 1 aromatic carbocycles. The van der Waals surface area contributed by atoms with Gasteiger partial charge in [0.05, 0.1) is 6.04 Å². The van der Waals surface area contributed by atoms with Crippen LogP contribution in [0.2, 0.25) is 0 Å². The van der Waals surface area contributed by atoms with Gasteiger partial charge in [0.15, 0.2) is 11.6 Å². The summed E-state index contributed by atoms with van der Waals surface area (Å²) in [6.07, 6.45) is 8.49. The van der Waals surface area contributed by atoms with E-state index in [1.165, 1.54) is 6.92 Å². The molecule has 35 heavy (non-hydrogen) atoms. The molecule has 2 aliphatic rings. The topological polar surface area (TPSA) is 141 Å². The third-order valence-corrected chi connectivity index (χ3v) is 6.62. The van der Waals surface area contributed by atoms with Gasteiger partial charge in [0.25, 0.3) is 0 Å². The van der Waals surface area contributed by atoms with E-state index in [1.807, 2.05) is 28.9 Å². The Morgan fingerprint density at radius 3 is 2.71 bits per heavy atom. The first-order valence-electron chi connectivity index (χ1n) is 12.3. The highest BCUT2D eigenvalue weighted by atomic mass is 16.5. The van der Waals surface area contributed by atoms with Gasteiger partial charge >= 0.3 is 0 Å². The number of aromatic nitrogens is 6. The van der Waals surface area contributed by atoms with E-state index in [0.717, 1.165) is 56.9 Å². The lowest BCUT2D eigenvalue weighted by molar-refractivity contribution is -0.121. The van der Waals surface area contributed by atoms with Gasteiger partial charge in [-0.3, -0.25) is 9.59 Å². The largest absolute Gasteiger partial charge is 0.343 e. The number of amides is 2. The minimum Gasteiger partial charge on any atom is -0.343 e. The number of hydrogen-bond acceptors (Lipinski definition) is 8. The summed E-state index contributed by atoms with van der Waals surface area (Å²) in [5.41, 5.74) is 0.933. The molecule has 2 N–H and O–H groups in total. The molecule has 0 aliphatic heterocycles. The maximum atomic E-state index is 12.6. The number of carbonyl (C=O) groups excluding carboxylic acids is 2. The molecule has 0 saturated heterocycles. The predicted octanol–water partition coefficient (Wildman–Crippen LogP) is 3.31. The molecule has 0 spiro atoms. The Labute approximate surface area is 203 Å². The van der Waals surface area contributed by atoms with Gasteiger partial charge in [-0.1, -0.05) is 43.0 Å². The van der Waals surface area contributed by atoms with Crippen molar-refractivity contribution in [1.82, 2.24) is 35.7 Å². The van der Waals surface area contributed by atoms with Gasteiger partial charge in [0.1, 0.15) is 5.54 Å². The molecule has 2 heterocycles. The molecule has 0 radical (unpaired) electrons. The van der Waals surface area contributed by atoms with Crippen molar-refractivity contribution in [3.8, 4) is 11.4 Å². The first-order valence-corrected chi connectivity index (χ1v) is 12.3. The van der Waals surface area contributed by atoms with Gasteiger partial charge < -0.3 is 15.2 Å². The monoisotopic (exact) mass is 478 g/mol. The molecule has 5 rings (SSSR count). The summed E-state index contributed by atoms with van der Waals surface area (Å²) in [5, 5.41) is 22.2. The second kappa shape index (κ2) is 9.93. The maximum absolute atomic E-state index is 12.6. The third-order valence-electron chi connectivity index (χ3n) is 6.62. The van der Waals surface area contributed by atoms with E-state index in [1.54, 1.807) is 0 Å². The van der Waals surface area contributed by atoms with Crippen LogP contribution in [0, 0.1) is 0 Å². The average molecular weight is 479 g/mol. The number of nitrogens with one attached hydrogen (secondary N) is 2. The lowest BCUT2D eigenvalue weighted by atomic mass is 9.89. The van der Waals surface area contributed by atoms with Crippen LogP contribution in [-0.4, -0.2) is 42.2 Å². The Morgan fingerprint density at radius 1 is 1.17 bits per heavy atom. The summed E-state index contributed by atoms with van der Waals surface area (Å²) in [4.78, 5) is 29.1. The van der Waals surface area contributed by atoms with Crippen LogP contribution in [0.4, 0.5) is 5.69 Å². The quantitative estimate of drug-likeness (QED) is 0.470. The van der Waals surface area contributed by atoms with Gasteiger partial charge in [0, 0.05) is 31.0 Å². The van der Waals surface area contributed by atoms with Crippen LogP contribution in [0.5, 0.6) is 0 Å². The normalized spacial score (nSPS) is 17.5. The molecule has 2 aromatic heterocycles. The number of rotatable bonds is 8. The fourth-order valence-corrected chi connectivity index (χ4v) is 4.75. The van der Waals surface area contributed by atoms with Gasteiger partial charge in [-0.05, 0) is 48.2 Å². The number of carbonyl (C=O) groups is 2. The van der Waals surface area contributed by atoms with Crippen LogP contribution < -0.4 is 10.6 Å². The van der Waals surface area contributed by atoms with E-state index in [2.05, 4.69) is 36.3 Å². The molecule has 0 atom stereocenters. The second-order valence-electron chi connectivity index (χ2n) is 9.50. The first-order chi connectivity index (χ1) is 17.0. The lowest BCUT2D eigenvalue weighted by Crippen LogP contribution is -2.45. The molecule has 2 saturated carbocycles. The van der Waals surface area contributed by atoms with Crippen LogP contribution in [0.1, 0.15) is 82.5 Å². The van der Waals surface area contributed by atoms with Crippen LogP contribution in [0.25, 0.3) is 11.4 Å². The highest BCUT2D eigenvalue weighted by Crippen LogP contribution is 2.37. The minimum atomic E-state index is -0.595. The molecule has 2 aliphatic carbocycles. The van der Waals surface area contributed by atoms with E-state index in [-0.39, 0.29) is 18.2 Å². The molecule has 0 bridgehead atoms. The highest BCUT2D eigenvalue weighted by Gasteiger charge is 2.38. The number of benzene rings is 1. The molecular weight excluding hydrogens is 448 g/mol. The fourth-order valence-electron chi connectivity index (χ4n) is 4.75. The average Bonchev–Trinajstić information content (AvgIpc) is 3.44. The molecule has 0 unspecified atom stereocenters. The summed E-state index contributed by atoms with van der Waals surface area (Å²) in [5.74, 6) is 1.34. The number of hydrogen-bond donors (Lipinski definition) is 2. The summed E-state index contributed by atoms with van der Waals surface area (Å²) < 4.78 is 7.30. The van der Waals surface area contributed by atoms with Gasteiger partial charge in [-0.25, -0.2) is 4.68 Å². The summed E-state index contributed by atoms with van der Waals surface area (Å²) >= 11 is 0. The number of anilines is 1. The van der Waals surface area contributed by atoms with Gasteiger partial charge in [0.2, 0.25) is 17.7 Å². The zero-order chi connectivity index (χ0) is 24.3. The van der Waals surface area contributed by atoms with E-state index < -0.39 is 5.54 Å². The lowest BCUT2D eigenvalue weighted by Gasteiger charge is -2.30. The number of nitrogens with zero attached hydrogens (tertiary/aromatic N) is 6. The predicted molar refractivity (Wildman–Crippen MR) is 126 cm³/mol. The van der Waals surface area contributed by atoms with Crippen molar-refractivity contribution in [2.24, 2.45) is 0 Å². The zero-order valence-electron chi connectivity index (χ0n) is 19.9. The van der Waals surface area contributed by atoms with Crippen LogP contribution in [0.15, 0.2) is 28.8 Å². The number of tetrazole rings is 1. The van der Waals surface area contributed by atoms with Crippen LogP contribution in [-0.2, 0) is 21.5 Å². The molecule has 2 fully saturated rings. The SMILES string of the molecule is CC(=O)NC1(c2noc(CCC(=O)Nc3cccc(-c4nnnn4C4CC4)c3)n2)CCCCCC1. The van der Waals surface area contributed by atoms with Crippen molar-refractivity contribution < 1.29 is 14.1 Å². The Balaban J connectivity index is 1.21. The van der Waals surface area contributed by atoms with E-state index in [0.29, 0.717) is 35.7 Å². The standard InChI is InChI=1S/C24H30N8O3/c1-16(33)27-24(13-4-2-3-5-14-24)23-26-21(35-29-23)12-11-20(34)25-18-8-6-7-17(15-18)22-28-30-31-32(22)19-9-10-19/h6-8,15,19H,2-5,9-14H2,1H3,(H,25,34)(H,27,33). The van der Waals surface area contributed by atoms with Crippen molar-refractivity contribution in [3.05, 3.63) is 36.0 Å². The number of aryl methyl sites for hydroxylation is 1. The van der Waals surface area contributed by atoms with E-state index in [9.17, 15) is 9.59 Å².